The van der Waals surface area contributed by atoms with E-state index in [4.69, 9.17) is 0 Å². The molecular formula is C18H17N7O2. The van der Waals surface area contributed by atoms with Crippen molar-refractivity contribution in [2.75, 3.05) is 13.1 Å². The van der Waals surface area contributed by atoms with E-state index in [1.54, 1.807) is 15.8 Å². The molecule has 2 amide bonds. The Bertz CT molecular complexity index is 986. The van der Waals surface area contributed by atoms with Crippen LogP contribution in [0.5, 0.6) is 0 Å². The van der Waals surface area contributed by atoms with Crippen LogP contribution in [0.3, 0.4) is 0 Å². The topological polar surface area (TPSA) is 97.9 Å². The Hall–Kier alpha value is -3.49. The van der Waals surface area contributed by atoms with Gasteiger partial charge in [-0.2, -0.15) is 0 Å². The molecule has 5 rings (SSSR count). The molecule has 0 bridgehead atoms. The minimum Gasteiger partial charge on any atom is -0.345 e. The lowest BCUT2D eigenvalue weighted by atomic mass is 10.1. The summed E-state index contributed by atoms with van der Waals surface area (Å²) < 4.78 is 3.68. The first-order chi connectivity index (χ1) is 13.2. The number of aromatic nitrogens is 5. The van der Waals surface area contributed by atoms with Crippen LogP contribution in [0.2, 0.25) is 0 Å². The highest BCUT2D eigenvalue weighted by Crippen LogP contribution is 2.32. The number of nitrogens with one attached hydrogen (secondary N) is 1. The minimum atomic E-state index is -0.411. The van der Waals surface area contributed by atoms with Gasteiger partial charge in [0, 0.05) is 18.9 Å². The maximum atomic E-state index is 12.1. The average Bonchev–Trinajstić information content (AvgIpc) is 3.43. The summed E-state index contributed by atoms with van der Waals surface area (Å²) in [6.45, 7) is 0.567. The molecule has 2 fully saturated rings. The molecule has 27 heavy (non-hydrogen) atoms. The molecule has 0 spiro atoms. The third kappa shape index (κ3) is 2.59. The molecule has 0 saturated carbocycles. The van der Waals surface area contributed by atoms with Gasteiger partial charge in [0.2, 0.25) is 11.8 Å². The molecule has 3 aromatic rings. The second kappa shape index (κ2) is 6.04. The van der Waals surface area contributed by atoms with E-state index in [-0.39, 0.29) is 24.4 Å². The maximum absolute atomic E-state index is 12.1. The van der Waals surface area contributed by atoms with Crippen molar-refractivity contribution < 1.29 is 9.59 Å². The monoisotopic (exact) mass is 363 g/mol. The molecule has 4 heterocycles. The Morgan fingerprint density at radius 1 is 1.15 bits per heavy atom. The van der Waals surface area contributed by atoms with Crippen LogP contribution >= 0.6 is 0 Å². The first-order valence-corrected chi connectivity index (χ1v) is 8.79. The highest BCUT2D eigenvalue weighted by molar-refractivity contribution is 5.95. The molecule has 2 aromatic heterocycles. The highest BCUT2D eigenvalue weighted by atomic mass is 16.2. The summed E-state index contributed by atoms with van der Waals surface area (Å²) in [5.74, 6) is 0.544. The van der Waals surface area contributed by atoms with Crippen molar-refractivity contribution in [3.8, 4) is 17.2 Å². The molecule has 2 aliphatic rings. The lowest BCUT2D eigenvalue weighted by Crippen LogP contribution is -2.55. The van der Waals surface area contributed by atoms with Crippen LogP contribution in [-0.4, -0.2) is 60.4 Å². The van der Waals surface area contributed by atoms with Gasteiger partial charge >= 0.3 is 0 Å². The van der Waals surface area contributed by atoms with Crippen LogP contribution in [0, 0.1) is 0 Å². The van der Waals surface area contributed by atoms with E-state index < -0.39 is 6.04 Å². The molecule has 1 aromatic carbocycles. The van der Waals surface area contributed by atoms with E-state index in [9.17, 15) is 9.59 Å². The molecule has 2 atom stereocenters. The fourth-order valence-corrected chi connectivity index (χ4v) is 3.80. The molecule has 9 nitrogen and oxygen atoms in total. The van der Waals surface area contributed by atoms with Crippen molar-refractivity contribution in [3.05, 3.63) is 48.9 Å². The predicted molar refractivity (Wildman–Crippen MR) is 94.7 cm³/mol. The number of rotatable bonds is 3. The lowest BCUT2D eigenvalue weighted by molar-refractivity contribution is -0.143. The number of piperazine rings is 1. The molecule has 0 aliphatic carbocycles. The van der Waals surface area contributed by atoms with Gasteiger partial charge in [0.25, 0.3) is 0 Å². The van der Waals surface area contributed by atoms with Gasteiger partial charge in [-0.1, -0.05) is 23.4 Å². The van der Waals surface area contributed by atoms with Gasteiger partial charge in [0.15, 0.2) is 5.82 Å². The second-order valence-electron chi connectivity index (χ2n) is 6.71. The van der Waals surface area contributed by atoms with Crippen LogP contribution in [0.15, 0.2) is 48.9 Å². The summed E-state index contributed by atoms with van der Waals surface area (Å²) in [6, 6.07) is 9.28. The summed E-state index contributed by atoms with van der Waals surface area (Å²) >= 11 is 0. The smallest absolute Gasteiger partial charge is 0.243 e. The van der Waals surface area contributed by atoms with Crippen molar-refractivity contribution in [2.24, 2.45) is 0 Å². The molecule has 2 aliphatic heterocycles. The number of carbonyl (C=O) groups excluding carboxylic acids is 2. The summed E-state index contributed by atoms with van der Waals surface area (Å²) in [5.41, 5.74) is 1.55. The zero-order valence-electron chi connectivity index (χ0n) is 14.4. The predicted octanol–water partition coefficient (Wildman–Crippen LogP) is 0.403. The second-order valence-corrected chi connectivity index (χ2v) is 6.71. The van der Waals surface area contributed by atoms with Crippen LogP contribution in [0.1, 0.15) is 12.5 Å². The van der Waals surface area contributed by atoms with Gasteiger partial charge in [-0.3, -0.25) is 9.59 Å². The first kappa shape index (κ1) is 15.7. The van der Waals surface area contributed by atoms with E-state index in [2.05, 4.69) is 20.6 Å². The number of benzene rings is 1. The van der Waals surface area contributed by atoms with E-state index in [0.29, 0.717) is 24.5 Å². The average molecular weight is 363 g/mol. The van der Waals surface area contributed by atoms with Crippen LogP contribution in [-0.2, 0) is 9.59 Å². The SMILES string of the molecule is O=C1NCC(=O)N2C[C@@H](n3ccnc3-c3cn(-c4ccccc4)nn3)C[C@@H]12. The Kier molecular flexibility index (Phi) is 3.52. The number of para-hydroxylation sites is 1. The van der Waals surface area contributed by atoms with Gasteiger partial charge < -0.3 is 14.8 Å². The number of hydrogen-bond donors (Lipinski definition) is 1. The zero-order valence-corrected chi connectivity index (χ0v) is 14.4. The molecule has 2 saturated heterocycles. The number of fused-ring (bicyclic) bond motifs is 1. The van der Waals surface area contributed by atoms with Crippen LogP contribution in [0.25, 0.3) is 17.2 Å². The van der Waals surface area contributed by atoms with Crippen molar-refractivity contribution in [3.63, 3.8) is 0 Å². The van der Waals surface area contributed by atoms with Crippen LogP contribution < -0.4 is 5.32 Å². The Labute approximate surface area is 154 Å². The molecular weight excluding hydrogens is 346 g/mol. The van der Waals surface area contributed by atoms with Gasteiger partial charge in [-0.05, 0) is 18.6 Å². The van der Waals surface area contributed by atoms with E-state index in [1.165, 1.54) is 0 Å². The molecule has 9 heteroatoms. The maximum Gasteiger partial charge on any atom is 0.243 e. The first-order valence-electron chi connectivity index (χ1n) is 8.79. The number of carbonyl (C=O) groups is 2. The standard InChI is InChI=1S/C18H17N7O2/c26-16-9-20-18(27)15-8-13(10-24(15)16)23-7-6-19-17(23)14-11-25(22-21-14)12-4-2-1-3-5-12/h1-7,11,13,15H,8-10H2,(H,20,27)/t13-,15-/m0/s1. The van der Waals surface area contributed by atoms with Crippen molar-refractivity contribution in [1.29, 1.82) is 0 Å². The summed E-state index contributed by atoms with van der Waals surface area (Å²) in [7, 11) is 0. The Morgan fingerprint density at radius 3 is 2.81 bits per heavy atom. The van der Waals surface area contributed by atoms with E-state index in [1.807, 2.05) is 47.3 Å². The number of hydrogen-bond acceptors (Lipinski definition) is 5. The van der Waals surface area contributed by atoms with E-state index >= 15 is 0 Å². The fourth-order valence-electron chi connectivity index (χ4n) is 3.80. The van der Waals surface area contributed by atoms with Gasteiger partial charge in [0.1, 0.15) is 11.7 Å². The highest BCUT2D eigenvalue weighted by Gasteiger charge is 2.43. The quantitative estimate of drug-likeness (QED) is 0.726. The third-order valence-electron chi connectivity index (χ3n) is 5.12. The van der Waals surface area contributed by atoms with Gasteiger partial charge in [0.05, 0.1) is 24.5 Å². The van der Waals surface area contributed by atoms with Crippen molar-refractivity contribution in [2.45, 2.75) is 18.5 Å². The summed E-state index contributed by atoms with van der Waals surface area (Å²) in [4.78, 5) is 30.3. The molecule has 0 radical (unpaired) electrons. The number of nitrogens with zero attached hydrogens (tertiary/aromatic N) is 6. The van der Waals surface area contributed by atoms with Crippen molar-refractivity contribution >= 4 is 11.8 Å². The molecule has 0 unspecified atom stereocenters. The zero-order chi connectivity index (χ0) is 18.4. The lowest BCUT2D eigenvalue weighted by Gasteiger charge is -2.28. The molecule has 1 N–H and O–H groups in total. The number of imidazole rings is 1. The largest absolute Gasteiger partial charge is 0.345 e. The van der Waals surface area contributed by atoms with Crippen LogP contribution in [0.4, 0.5) is 0 Å². The summed E-state index contributed by atoms with van der Waals surface area (Å²) in [5, 5.41) is 11.1. The fraction of sp³-hybridized carbons (Fsp3) is 0.278. The summed E-state index contributed by atoms with van der Waals surface area (Å²) in [6.07, 6.45) is 5.96. The third-order valence-corrected chi connectivity index (χ3v) is 5.12. The van der Waals surface area contributed by atoms with Crippen molar-refractivity contribution in [1.82, 2.24) is 34.8 Å². The Morgan fingerprint density at radius 2 is 2.00 bits per heavy atom. The van der Waals surface area contributed by atoms with Gasteiger partial charge in [-0.15, -0.1) is 5.10 Å². The van der Waals surface area contributed by atoms with E-state index in [0.717, 1.165) is 5.69 Å². The molecule has 136 valence electrons. The number of amides is 2. The normalized spacial score (nSPS) is 22.0. The minimum absolute atomic E-state index is 0.0258. The Balaban J connectivity index is 1.45. The van der Waals surface area contributed by atoms with Gasteiger partial charge in [-0.25, -0.2) is 9.67 Å².